The van der Waals surface area contributed by atoms with Crippen molar-refractivity contribution in [2.75, 3.05) is 12.3 Å². The number of nitrogen functional groups attached to an aromatic ring is 1. The lowest BCUT2D eigenvalue weighted by atomic mass is 10.1. The minimum atomic E-state index is 0. The van der Waals surface area contributed by atoms with Crippen LogP contribution in [0.3, 0.4) is 0 Å². The smallest absolute Gasteiger partial charge is 0.254 e. The van der Waals surface area contributed by atoms with Gasteiger partial charge in [-0.25, -0.2) is 0 Å². The van der Waals surface area contributed by atoms with E-state index in [0.29, 0.717) is 24.3 Å². The number of aromatic nitrogens is 2. The molecule has 0 bridgehead atoms. The summed E-state index contributed by atoms with van der Waals surface area (Å²) >= 11 is 0. The standard InChI is InChI=1S/C15H20N4O.2ClH/c1-4-19(10-12-8-17-18(3)9-12)15(20)14-7-13(16)6-5-11(14)2;;/h5-9H,4,10,16H2,1-3H3;2*1H. The molecule has 2 aromatic rings. The first-order valence-corrected chi connectivity index (χ1v) is 6.64. The Morgan fingerprint density at radius 2 is 2.05 bits per heavy atom. The maximum atomic E-state index is 12.6. The van der Waals surface area contributed by atoms with Crippen LogP contribution < -0.4 is 5.73 Å². The van der Waals surface area contributed by atoms with E-state index in [1.54, 1.807) is 21.8 Å². The molecule has 0 spiro atoms. The molecule has 0 radical (unpaired) electrons. The zero-order chi connectivity index (χ0) is 14.7. The van der Waals surface area contributed by atoms with Crippen molar-refractivity contribution in [3.63, 3.8) is 0 Å². The summed E-state index contributed by atoms with van der Waals surface area (Å²) in [4.78, 5) is 14.4. The summed E-state index contributed by atoms with van der Waals surface area (Å²) in [5, 5.41) is 4.13. The SMILES string of the molecule is CCN(Cc1cnn(C)c1)C(=O)c1cc(N)ccc1C.Cl.Cl. The van der Waals surface area contributed by atoms with Gasteiger partial charge in [-0.15, -0.1) is 24.8 Å². The van der Waals surface area contributed by atoms with E-state index in [1.807, 2.05) is 39.2 Å². The molecule has 1 amide bonds. The maximum Gasteiger partial charge on any atom is 0.254 e. The molecule has 5 nitrogen and oxygen atoms in total. The van der Waals surface area contributed by atoms with Gasteiger partial charge in [0.05, 0.1) is 6.20 Å². The Hall–Kier alpha value is -1.72. The van der Waals surface area contributed by atoms with E-state index < -0.39 is 0 Å². The van der Waals surface area contributed by atoms with E-state index >= 15 is 0 Å². The van der Waals surface area contributed by atoms with Gasteiger partial charge in [0, 0.05) is 43.1 Å². The van der Waals surface area contributed by atoms with Gasteiger partial charge in [-0.3, -0.25) is 9.48 Å². The molecule has 0 saturated carbocycles. The van der Waals surface area contributed by atoms with Crippen LogP contribution >= 0.6 is 24.8 Å². The molecule has 122 valence electrons. The summed E-state index contributed by atoms with van der Waals surface area (Å²) in [6.45, 7) is 5.08. The van der Waals surface area contributed by atoms with Gasteiger partial charge in [-0.2, -0.15) is 5.10 Å². The molecule has 0 aliphatic rings. The van der Waals surface area contributed by atoms with E-state index in [2.05, 4.69) is 5.10 Å². The molecule has 2 rings (SSSR count). The summed E-state index contributed by atoms with van der Waals surface area (Å²) in [6, 6.07) is 5.42. The van der Waals surface area contributed by atoms with Crippen LogP contribution in [-0.2, 0) is 13.6 Å². The second-order valence-electron chi connectivity index (χ2n) is 4.92. The third-order valence-electron chi connectivity index (χ3n) is 3.29. The number of nitrogens with zero attached hydrogens (tertiary/aromatic N) is 3. The highest BCUT2D eigenvalue weighted by Gasteiger charge is 2.17. The Labute approximate surface area is 143 Å². The number of carbonyl (C=O) groups is 1. The zero-order valence-electron chi connectivity index (χ0n) is 12.9. The van der Waals surface area contributed by atoms with Crippen LogP contribution in [0, 0.1) is 6.92 Å². The van der Waals surface area contributed by atoms with Gasteiger partial charge in [-0.1, -0.05) is 6.07 Å². The molecular formula is C15H22Cl2N4O. The van der Waals surface area contributed by atoms with Gasteiger partial charge in [0.1, 0.15) is 0 Å². The van der Waals surface area contributed by atoms with Crippen LogP contribution in [0.1, 0.15) is 28.4 Å². The Kier molecular flexibility index (Phi) is 7.98. The van der Waals surface area contributed by atoms with Crippen LogP contribution in [0.4, 0.5) is 5.69 Å². The summed E-state index contributed by atoms with van der Waals surface area (Å²) in [6.07, 6.45) is 3.70. The number of anilines is 1. The predicted molar refractivity (Wildman–Crippen MR) is 93.7 cm³/mol. The van der Waals surface area contributed by atoms with Crippen LogP contribution in [0.5, 0.6) is 0 Å². The third kappa shape index (κ3) is 4.64. The first-order chi connectivity index (χ1) is 9.51. The van der Waals surface area contributed by atoms with Crippen molar-refractivity contribution in [3.8, 4) is 0 Å². The summed E-state index contributed by atoms with van der Waals surface area (Å²) < 4.78 is 1.74. The Balaban J connectivity index is 0.00000220. The van der Waals surface area contributed by atoms with Gasteiger partial charge < -0.3 is 10.6 Å². The average molecular weight is 345 g/mol. The number of amides is 1. The van der Waals surface area contributed by atoms with Gasteiger partial charge in [-0.05, 0) is 31.5 Å². The molecule has 7 heteroatoms. The van der Waals surface area contributed by atoms with Crippen LogP contribution in [0.25, 0.3) is 0 Å². The van der Waals surface area contributed by atoms with Crippen molar-refractivity contribution >= 4 is 36.4 Å². The van der Waals surface area contributed by atoms with Gasteiger partial charge in [0.25, 0.3) is 5.91 Å². The van der Waals surface area contributed by atoms with Gasteiger partial charge in [0.2, 0.25) is 0 Å². The first-order valence-electron chi connectivity index (χ1n) is 6.64. The first kappa shape index (κ1) is 20.3. The summed E-state index contributed by atoms with van der Waals surface area (Å²) in [5.41, 5.74) is 9.01. The zero-order valence-corrected chi connectivity index (χ0v) is 14.6. The number of hydrogen-bond donors (Lipinski definition) is 1. The molecule has 0 unspecified atom stereocenters. The van der Waals surface area contributed by atoms with Crippen molar-refractivity contribution < 1.29 is 4.79 Å². The molecule has 1 heterocycles. The fraction of sp³-hybridized carbons (Fsp3) is 0.333. The number of hydrogen-bond acceptors (Lipinski definition) is 3. The quantitative estimate of drug-likeness (QED) is 0.867. The Morgan fingerprint density at radius 1 is 1.36 bits per heavy atom. The molecule has 0 fully saturated rings. The minimum absolute atomic E-state index is 0. The Morgan fingerprint density at radius 3 is 2.59 bits per heavy atom. The lowest BCUT2D eigenvalue weighted by Crippen LogP contribution is -2.30. The van der Waals surface area contributed by atoms with Crippen LogP contribution in [-0.4, -0.2) is 27.1 Å². The lowest BCUT2D eigenvalue weighted by molar-refractivity contribution is 0.0752. The summed E-state index contributed by atoms with van der Waals surface area (Å²) in [5.74, 6) is 0.00107. The van der Waals surface area contributed by atoms with Crippen molar-refractivity contribution in [1.82, 2.24) is 14.7 Å². The molecule has 22 heavy (non-hydrogen) atoms. The number of nitrogens with two attached hydrogens (primary N) is 1. The molecule has 0 aliphatic carbocycles. The van der Waals surface area contributed by atoms with Crippen molar-refractivity contribution in [2.45, 2.75) is 20.4 Å². The number of halogens is 2. The highest BCUT2D eigenvalue weighted by molar-refractivity contribution is 5.96. The molecule has 1 aromatic carbocycles. The third-order valence-corrected chi connectivity index (χ3v) is 3.29. The van der Waals surface area contributed by atoms with Crippen molar-refractivity contribution in [3.05, 3.63) is 47.3 Å². The second kappa shape index (κ2) is 8.66. The van der Waals surface area contributed by atoms with E-state index in [-0.39, 0.29) is 30.7 Å². The van der Waals surface area contributed by atoms with Crippen LogP contribution in [0.15, 0.2) is 30.6 Å². The maximum absolute atomic E-state index is 12.6. The lowest BCUT2D eigenvalue weighted by Gasteiger charge is -2.21. The fourth-order valence-corrected chi connectivity index (χ4v) is 2.14. The van der Waals surface area contributed by atoms with Gasteiger partial charge in [0.15, 0.2) is 0 Å². The predicted octanol–water partition coefficient (Wildman–Crippen LogP) is 2.82. The van der Waals surface area contributed by atoms with Crippen molar-refractivity contribution in [1.29, 1.82) is 0 Å². The summed E-state index contributed by atoms with van der Waals surface area (Å²) in [7, 11) is 1.86. The highest BCUT2D eigenvalue weighted by atomic mass is 35.5. The van der Waals surface area contributed by atoms with E-state index in [4.69, 9.17) is 5.73 Å². The number of carbonyl (C=O) groups excluding carboxylic acids is 1. The Bertz CT molecular complexity index is 628. The number of benzene rings is 1. The topological polar surface area (TPSA) is 64.2 Å². The fourth-order valence-electron chi connectivity index (χ4n) is 2.14. The van der Waals surface area contributed by atoms with Crippen LogP contribution in [0.2, 0.25) is 0 Å². The highest BCUT2D eigenvalue weighted by Crippen LogP contribution is 2.16. The molecule has 2 N–H and O–H groups in total. The number of rotatable bonds is 4. The molecule has 0 aliphatic heterocycles. The normalized spacial score (nSPS) is 9.59. The average Bonchev–Trinajstić information content (AvgIpc) is 2.83. The largest absolute Gasteiger partial charge is 0.399 e. The van der Waals surface area contributed by atoms with E-state index in [9.17, 15) is 4.79 Å². The van der Waals surface area contributed by atoms with E-state index in [0.717, 1.165) is 11.1 Å². The molecule has 1 aromatic heterocycles. The number of aryl methyl sites for hydroxylation is 2. The van der Waals surface area contributed by atoms with E-state index in [1.165, 1.54) is 0 Å². The molecular weight excluding hydrogens is 323 g/mol. The molecule has 0 atom stereocenters. The van der Waals surface area contributed by atoms with Gasteiger partial charge >= 0.3 is 0 Å². The second-order valence-corrected chi connectivity index (χ2v) is 4.92. The monoisotopic (exact) mass is 344 g/mol. The minimum Gasteiger partial charge on any atom is -0.399 e. The van der Waals surface area contributed by atoms with Crippen molar-refractivity contribution in [2.24, 2.45) is 7.05 Å². The molecule has 0 saturated heterocycles.